The fraction of sp³-hybridized carbons (Fsp3) is 0.400. The second-order valence-corrected chi connectivity index (χ2v) is 5.77. The molecule has 1 unspecified atom stereocenters. The number of pyridine rings is 1. The topological polar surface area (TPSA) is 28.2 Å². The van der Waals surface area contributed by atoms with E-state index in [4.69, 9.17) is 0 Å². The van der Waals surface area contributed by atoms with Crippen LogP contribution in [0.2, 0.25) is 0 Å². The van der Waals surface area contributed by atoms with Crippen molar-refractivity contribution in [2.24, 2.45) is 0 Å². The summed E-state index contributed by atoms with van der Waals surface area (Å²) in [5.74, 6) is 0. The molecule has 2 heterocycles. The third-order valence-electron chi connectivity index (χ3n) is 3.38. The smallest absolute Gasteiger partial charge is 0.0603 e. The SMILES string of the molecule is CNCc1cnc(C)cc1N(C)C(C)c1cccs1. The molecule has 1 atom stereocenters. The summed E-state index contributed by atoms with van der Waals surface area (Å²) in [5, 5.41) is 5.34. The quantitative estimate of drug-likeness (QED) is 0.907. The summed E-state index contributed by atoms with van der Waals surface area (Å²) < 4.78 is 0. The van der Waals surface area contributed by atoms with Crippen molar-refractivity contribution in [3.63, 3.8) is 0 Å². The number of aryl methyl sites for hydroxylation is 1. The predicted octanol–water partition coefficient (Wildman–Crippen LogP) is 3.37. The van der Waals surface area contributed by atoms with Crippen molar-refractivity contribution < 1.29 is 0 Å². The molecule has 0 saturated carbocycles. The summed E-state index contributed by atoms with van der Waals surface area (Å²) >= 11 is 1.80. The van der Waals surface area contributed by atoms with Crippen LogP contribution in [0.25, 0.3) is 0 Å². The molecule has 0 aliphatic heterocycles. The van der Waals surface area contributed by atoms with Crippen LogP contribution in [0.3, 0.4) is 0 Å². The van der Waals surface area contributed by atoms with E-state index in [0.717, 1.165) is 12.2 Å². The van der Waals surface area contributed by atoms with Crippen LogP contribution in [0, 0.1) is 6.92 Å². The number of aromatic nitrogens is 1. The van der Waals surface area contributed by atoms with E-state index in [1.54, 1.807) is 11.3 Å². The maximum Gasteiger partial charge on any atom is 0.0603 e. The molecule has 2 rings (SSSR count). The number of thiophene rings is 1. The van der Waals surface area contributed by atoms with Crippen molar-refractivity contribution in [2.75, 3.05) is 19.0 Å². The number of rotatable bonds is 5. The van der Waals surface area contributed by atoms with Gasteiger partial charge < -0.3 is 10.2 Å². The van der Waals surface area contributed by atoms with Crippen molar-refractivity contribution in [1.29, 1.82) is 0 Å². The standard InChI is InChI=1S/C15H21N3S/c1-11-8-14(13(9-16-3)10-17-11)18(4)12(2)15-6-5-7-19-15/h5-8,10,12,16H,9H2,1-4H3. The van der Waals surface area contributed by atoms with Gasteiger partial charge in [0.15, 0.2) is 0 Å². The lowest BCUT2D eigenvalue weighted by Crippen LogP contribution is -2.23. The first-order valence-corrected chi connectivity index (χ1v) is 7.37. The third-order valence-corrected chi connectivity index (χ3v) is 4.42. The number of anilines is 1. The Hall–Kier alpha value is -1.39. The van der Waals surface area contributed by atoms with E-state index in [1.807, 2.05) is 20.2 Å². The average molecular weight is 275 g/mol. The first kappa shape index (κ1) is 14.0. The monoisotopic (exact) mass is 275 g/mol. The van der Waals surface area contributed by atoms with Crippen molar-refractivity contribution in [1.82, 2.24) is 10.3 Å². The Morgan fingerprint density at radius 2 is 2.26 bits per heavy atom. The normalized spacial score (nSPS) is 12.4. The minimum Gasteiger partial charge on any atom is -0.367 e. The lowest BCUT2D eigenvalue weighted by molar-refractivity contribution is 0.735. The van der Waals surface area contributed by atoms with Gasteiger partial charge in [-0.25, -0.2) is 0 Å². The highest BCUT2D eigenvalue weighted by atomic mass is 32.1. The molecule has 102 valence electrons. The highest BCUT2D eigenvalue weighted by molar-refractivity contribution is 7.10. The van der Waals surface area contributed by atoms with E-state index < -0.39 is 0 Å². The summed E-state index contributed by atoms with van der Waals surface area (Å²) in [5.41, 5.74) is 3.54. The van der Waals surface area contributed by atoms with E-state index in [9.17, 15) is 0 Å². The van der Waals surface area contributed by atoms with E-state index in [-0.39, 0.29) is 0 Å². The second-order valence-electron chi connectivity index (χ2n) is 4.79. The summed E-state index contributed by atoms with van der Waals surface area (Å²) in [4.78, 5) is 8.11. The molecule has 2 aromatic rings. The van der Waals surface area contributed by atoms with E-state index in [0.29, 0.717) is 6.04 Å². The third kappa shape index (κ3) is 3.14. The zero-order valence-corrected chi connectivity index (χ0v) is 12.8. The lowest BCUT2D eigenvalue weighted by atomic mass is 10.1. The minimum atomic E-state index is 0.373. The van der Waals surface area contributed by atoms with Gasteiger partial charge in [-0.1, -0.05) is 6.07 Å². The summed E-state index contributed by atoms with van der Waals surface area (Å²) in [6, 6.07) is 6.84. The maximum absolute atomic E-state index is 4.40. The molecule has 0 bridgehead atoms. The zero-order valence-electron chi connectivity index (χ0n) is 12.0. The molecular weight excluding hydrogens is 254 g/mol. The predicted molar refractivity (Wildman–Crippen MR) is 82.9 cm³/mol. The van der Waals surface area contributed by atoms with Crippen LogP contribution in [0.4, 0.5) is 5.69 Å². The van der Waals surface area contributed by atoms with Gasteiger partial charge in [0.25, 0.3) is 0 Å². The van der Waals surface area contributed by atoms with Crippen LogP contribution in [0.5, 0.6) is 0 Å². The summed E-state index contributed by atoms with van der Waals surface area (Å²) in [6.45, 7) is 5.12. The molecule has 0 aromatic carbocycles. The number of hydrogen-bond donors (Lipinski definition) is 1. The Kier molecular flexibility index (Phi) is 4.56. The van der Waals surface area contributed by atoms with Crippen LogP contribution in [-0.2, 0) is 6.54 Å². The Labute approximate surface area is 119 Å². The molecule has 0 fully saturated rings. The van der Waals surface area contributed by atoms with Crippen LogP contribution in [0.15, 0.2) is 29.8 Å². The Morgan fingerprint density at radius 3 is 2.89 bits per heavy atom. The van der Waals surface area contributed by atoms with Crippen molar-refractivity contribution in [2.45, 2.75) is 26.4 Å². The minimum absolute atomic E-state index is 0.373. The summed E-state index contributed by atoms with van der Waals surface area (Å²) in [7, 11) is 4.12. The van der Waals surface area contributed by atoms with Gasteiger partial charge in [0, 0.05) is 41.6 Å². The van der Waals surface area contributed by atoms with Gasteiger partial charge in [-0.2, -0.15) is 0 Å². The molecule has 0 saturated heterocycles. The first-order valence-electron chi connectivity index (χ1n) is 6.50. The molecular formula is C15H21N3S. The molecule has 4 heteroatoms. The summed E-state index contributed by atoms with van der Waals surface area (Å²) in [6.07, 6.45) is 1.97. The van der Waals surface area contributed by atoms with Gasteiger partial charge in [-0.05, 0) is 38.4 Å². The van der Waals surface area contributed by atoms with E-state index in [2.05, 4.69) is 52.8 Å². The van der Waals surface area contributed by atoms with Gasteiger partial charge in [0.2, 0.25) is 0 Å². The van der Waals surface area contributed by atoms with Crippen LogP contribution >= 0.6 is 11.3 Å². The highest BCUT2D eigenvalue weighted by Gasteiger charge is 2.16. The largest absolute Gasteiger partial charge is 0.367 e. The highest BCUT2D eigenvalue weighted by Crippen LogP contribution is 2.30. The van der Waals surface area contributed by atoms with Crippen molar-refractivity contribution in [3.05, 3.63) is 45.9 Å². The van der Waals surface area contributed by atoms with Crippen molar-refractivity contribution >= 4 is 17.0 Å². The van der Waals surface area contributed by atoms with Crippen molar-refractivity contribution in [3.8, 4) is 0 Å². The van der Waals surface area contributed by atoms with E-state index >= 15 is 0 Å². The van der Waals surface area contributed by atoms with Gasteiger partial charge in [0.05, 0.1) is 6.04 Å². The van der Waals surface area contributed by atoms with Gasteiger partial charge >= 0.3 is 0 Å². The second kappa shape index (κ2) is 6.17. The average Bonchev–Trinajstić information content (AvgIpc) is 2.93. The number of hydrogen-bond acceptors (Lipinski definition) is 4. The molecule has 0 spiro atoms. The van der Waals surface area contributed by atoms with Crippen LogP contribution < -0.4 is 10.2 Å². The molecule has 3 nitrogen and oxygen atoms in total. The van der Waals surface area contributed by atoms with Gasteiger partial charge in [0.1, 0.15) is 0 Å². The van der Waals surface area contributed by atoms with Gasteiger partial charge in [-0.3, -0.25) is 4.98 Å². The zero-order chi connectivity index (χ0) is 13.8. The molecule has 0 amide bonds. The molecule has 0 aliphatic rings. The first-order chi connectivity index (χ1) is 9.13. The van der Waals surface area contributed by atoms with Crippen LogP contribution in [0.1, 0.15) is 29.1 Å². The molecule has 19 heavy (non-hydrogen) atoms. The fourth-order valence-electron chi connectivity index (χ4n) is 2.16. The van der Waals surface area contributed by atoms with Crippen LogP contribution in [-0.4, -0.2) is 19.1 Å². The molecule has 0 radical (unpaired) electrons. The maximum atomic E-state index is 4.40. The lowest BCUT2D eigenvalue weighted by Gasteiger charge is -2.28. The molecule has 0 aliphatic carbocycles. The fourth-order valence-corrected chi connectivity index (χ4v) is 2.98. The number of nitrogens with zero attached hydrogens (tertiary/aromatic N) is 2. The number of nitrogens with one attached hydrogen (secondary N) is 1. The Balaban J connectivity index is 2.31. The molecule has 2 aromatic heterocycles. The Morgan fingerprint density at radius 1 is 1.47 bits per heavy atom. The van der Waals surface area contributed by atoms with Gasteiger partial charge in [-0.15, -0.1) is 11.3 Å². The molecule has 1 N–H and O–H groups in total. The van der Waals surface area contributed by atoms with E-state index in [1.165, 1.54) is 16.1 Å². The Bertz CT molecular complexity index is 522.